The molecule has 1 fully saturated rings. The molecule has 1 spiro atoms. The fourth-order valence-corrected chi connectivity index (χ4v) is 5.57. The molecule has 5 N–H and O–H groups in total. The summed E-state index contributed by atoms with van der Waals surface area (Å²) in [7, 11) is 0. The number of aliphatic hydroxyl groups excluding tert-OH is 1. The molecule has 0 saturated carbocycles. The third kappa shape index (κ3) is 2.10. The van der Waals surface area contributed by atoms with Crippen molar-refractivity contribution in [2.24, 2.45) is 17.6 Å². The van der Waals surface area contributed by atoms with Crippen LogP contribution in [0.2, 0.25) is 0 Å². The zero-order valence-electron chi connectivity index (χ0n) is 16.1. The number of amides is 1. The lowest BCUT2D eigenvalue weighted by molar-refractivity contribution is -0.123. The molecule has 3 aliphatic carbocycles. The number of phenolic OH excluding ortho intramolecular Hbond substituents is 1. The zero-order valence-corrected chi connectivity index (χ0v) is 16.1. The van der Waals surface area contributed by atoms with Gasteiger partial charge in [-0.15, -0.1) is 0 Å². The largest absolute Gasteiger partial charge is 0.507 e. The molecule has 156 valence electrons. The minimum Gasteiger partial charge on any atom is -0.507 e. The molecule has 1 aliphatic heterocycles. The minimum atomic E-state index is -1.34. The molecule has 1 aromatic heterocycles. The summed E-state index contributed by atoms with van der Waals surface area (Å²) < 4.78 is 5.80. The number of aromatic nitrogens is 2. The third-order valence-corrected chi connectivity index (χ3v) is 6.92. The van der Waals surface area contributed by atoms with E-state index in [1.807, 2.05) is 0 Å². The Kier molecular flexibility index (Phi) is 3.26. The Morgan fingerprint density at radius 2 is 2.06 bits per heavy atom. The van der Waals surface area contributed by atoms with Crippen molar-refractivity contribution >= 4 is 17.5 Å². The second-order valence-corrected chi connectivity index (χ2v) is 8.43. The van der Waals surface area contributed by atoms with Crippen LogP contribution >= 0.6 is 0 Å². The molecule has 3 atom stereocenters. The van der Waals surface area contributed by atoms with E-state index in [-0.39, 0.29) is 35.2 Å². The molecule has 1 aromatic carbocycles. The van der Waals surface area contributed by atoms with Crippen LogP contribution in [-0.4, -0.2) is 43.5 Å². The molecule has 1 saturated heterocycles. The first-order chi connectivity index (χ1) is 14.8. The molecule has 1 amide bonds. The number of nitrogens with two attached hydrogens (primary N) is 1. The Morgan fingerprint density at radius 1 is 1.26 bits per heavy atom. The number of Topliss-reactive ketones (excluding diaryl/α,β-unsaturated/α-hetero) is 2. The number of rotatable bonds is 2. The molecular weight excluding hydrogens is 402 g/mol. The number of hydrogen-bond acceptors (Lipinski definition) is 7. The first-order valence-electron chi connectivity index (χ1n) is 9.93. The number of allylic oxidation sites excluding steroid dienone is 1. The highest BCUT2D eigenvalue weighted by Gasteiger charge is 2.71. The standard InChI is InChI=1S/C22H17N3O6/c23-21(30)17-14(27)5-10-3-8-4-12-11(9-6-24-25-7-9)1-2-13(26)16(12)18(28)15(8)20-22(10,31-20)19(17)29/h1-2,6-8,10,26,29H,3-5H2,(H2,23,30)(H,24,25)/t8?,10-,22+/m0/s1. The van der Waals surface area contributed by atoms with Gasteiger partial charge in [0.15, 0.2) is 23.1 Å². The molecule has 2 aromatic rings. The van der Waals surface area contributed by atoms with Crippen molar-refractivity contribution in [3.05, 3.63) is 58.3 Å². The Hall–Kier alpha value is -3.88. The van der Waals surface area contributed by atoms with Crippen LogP contribution in [0.1, 0.15) is 28.8 Å². The molecule has 6 rings (SSSR count). The number of aromatic amines is 1. The topological polar surface area (TPSA) is 159 Å². The number of phenols is 1. The highest BCUT2D eigenvalue weighted by Crippen LogP contribution is 2.64. The zero-order chi connectivity index (χ0) is 21.7. The fourth-order valence-electron chi connectivity index (χ4n) is 5.57. The van der Waals surface area contributed by atoms with Crippen LogP contribution in [0.5, 0.6) is 5.75 Å². The van der Waals surface area contributed by atoms with Gasteiger partial charge in [0, 0.05) is 29.7 Å². The summed E-state index contributed by atoms with van der Waals surface area (Å²) >= 11 is 0. The average Bonchev–Trinajstić information content (AvgIpc) is 3.23. The van der Waals surface area contributed by atoms with Crippen LogP contribution < -0.4 is 5.73 Å². The number of aromatic hydroxyl groups is 1. The van der Waals surface area contributed by atoms with E-state index >= 15 is 0 Å². The number of H-pyrrole nitrogens is 1. The Balaban J connectivity index is 1.54. The van der Waals surface area contributed by atoms with Crippen molar-refractivity contribution in [2.45, 2.75) is 24.9 Å². The number of nitrogens with one attached hydrogen (secondary N) is 1. The predicted octanol–water partition coefficient (Wildman–Crippen LogP) is 1.45. The first kappa shape index (κ1) is 17.9. The highest BCUT2D eigenvalue weighted by molar-refractivity contribution is 6.21. The van der Waals surface area contributed by atoms with Crippen LogP contribution in [0.25, 0.3) is 11.1 Å². The van der Waals surface area contributed by atoms with E-state index in [4.69, 9.17) is 10.5 Å². The molecule has 0 bridgehead atoms. The summed E-state index contributed by atoms with van der Waals surface area (Å²) in [5, 5.41) is 28.0. The number of benzene rings is 1. The Bertz CT molecular complexity index is 1290. The van der Waals surface area contributed by atoms with Crippen LogP contribution in [0.4, 0.5) is 0 Å². The summed E-state index contributed by atoms with van der Waals surface area (Å²) in [6.07, 6.45) is 4.26. The van der Waals surface area contributed by atoms with Crippen LogP contribution in [-0.2, 0) is 20.7 Å². The summed E-state index contributed by atoms with van der Waals surface area (Å²) in [6, 6.07) is 3.23. The van der Waals surface area contributed by atoms with Gasteiger partial charge in [0.05, 0.1) is 11.8 Å². The number of epoxide rings is 1. The lowest BCUT2D eigenvalue weighted by atomic mass is 9.63. The van der Waals surface area contributed by atoms with E-state index < -0.39 is 34.5 Å². The molecular formula is C22H17N3O6. The fraction of sp³-hybridized carbons (Fsp3) is 0.273. The predicted molar refractivity (Wildman–Crippen MR) is 105 cm³/mol. The van der Waals surface area contributed by atoms with Crippen molar-refractivity contribution in [1.29, 1.82) is 0 Å². The first-order valence-corrected chi connectivity index (χ1v) is 9.93. The summed E-state index contributed by atoms with van der Waals surface area (Å²) in [5.74, 6) is -2.89. The van der Waals surface area contributed by atoms with Crippen LogP contribution in [0.15, 0.2) is 47.2 Å². The van der Waals surface area contributed by atoms with Crippen molar-refractivity contribution in [1.82, 2.24) is 10.2 Å². The number of fused-ring (bicyclic) bond motifs is 2. The number of primary amides is 1. The van der Waals surface area contributed by atoms with Crippen LogP contribution in [0.3, 0.4) is 0 Å². The van der Waals surface area contributed by atoms with Crippen molar-refractivity contribution in [3.63, 3.8) is 0 Å². The second kappa shape index (κ2) is 5.63. The number of hydrogen-bond donors (Lipinski definition) is 4. The number of ether oxygens (including phenoxy) is 1. The van der Waals surface area contributed by atoms with Crippen molar-refractivity contribution in [2.75, 3.05) is 0 Å². The van der Waals surface area contributed by atoms with E-state index in [2.05, 4.69) is 10.2 Å². The van der Waals surface area contributed by atoms with Gasteiger partial charge < -0.3 is 20.7 Å². The van der Waals surface area contributed by atoms with Crippen molar-refractivity contribution in [3.8, 4) is 16.9 Å². The molecule has 9 nitrogen and oxygen atoms in total. The van der Waals surface area contributed by atoms with Crippen molar-refractivity contribution < 1.29 is 29.3 Å². The van der Waals surface area contributed by atoms with Gasteiger partial charge >= 0.3 is 0 Å². The van der Waals surface area contributed by atoms with Gasteiger partial charge in [-0.05, 0) is 36.0 Å². The van der Waals surface area contributed by atoms with E-state index in [9.17, 15) is 24.6 Å². The summed E-state index contributed by atoms with van der Waals surface area (Å²) in [6.45, 7) is 0. The third-order valence-electron chi connectivity index (χ3n) is 6.92. The molecule has 31 heavy (non-hydrogen) atoms. The number of aliphatic hydroxyl groups is 1. The second-order valence-electron chi connectivity index (χ2n) is 8.43. The molecule has 4 aliphatic rings. The van der Waals surface area contributed by atoms with Gasteiger partial charge in [-0.1, -0.05) is 6.07 Å². The highest BCUT2D eigenvalue weighted by atomic mass is 16.6. The van der Waals surface area contributed by atoms with Gasteiger partial charge in [0.25, 0.3) is 5.91 Å². The van der Waals surface area contributed by atoms with Gasteiger partial charge in [-0.2, -0.15) is 5.10 Å². The maximum atomic E-state index is 13.5. The van der Waals surface area contributed by atoms with E-state index in [1.165, 1.54) is 6.07 Å². The summed E-state index contributed by atoms with van der Waals surface area (Å²) in [4.78, 5) is 37.7. The number of carbonyl (C=O) groups is 3. The molecule has 0 radical (unpaired) electrons. The summed E-state index contributed by atoms with van der Waals surface area (Å²) in [5.41, 5.74) is 6.39. The molecule has 9 heteroatoms. The Morgan fingerprint density at radius 3 is 2.77 bits per heavy atom. The van der Waals surface area contributed by atoms with Gasteiger partial charge in [-0.25, -0.2) is 0 Å². The minimum absolute atomic E-state index is 0.00525. The van der Waals surface area contributed by atoms with E-state index in [0.29, 0.717) is 24.0 Å². The smallest absolute Gasteiger partial charge is 0.255 e. The maximum Gasteiger partial charge on any atom is 0.255 e. The Labute approximate surface area is 175 Å². The maximum absolute atomic E-state index is 13.5. The average molecular weight is 419 g/mol. The van der Waals surface area contributed by atoms with Gasteiger partial charge in [0.1, 0.15) is 11.3 Å². The molecule has 1 unspecified atom stereocenters. The van der Waals surface area contributed by atoms with Gasteiger partial charge in [0.2, 0.25) is 5.60 Å². The normalized spacial score (nSPS) is 28.4. The molecule has 2 heterocycles. The quantitative estimate of drug-likeness (QED) is 0.423. The van der Waals surface area contributed by atoms with E-state index in [0.717, 1.165) is 11.1 Å². The number of nitrogens with zero attached hydrogens (tertiary/aromatic N) is 1. The SMILES string of the molecule is NC(=O)C1=C(O)[C@@]23OC2=C2C(=O)c4c(O)ccc(-c5cn[nH]c5)c4CC2C[C@H]3CC1=O. The van der Waals surface area contributed by atoms with Crippen LogP contribution in [0, 0.1) is 11.8 Å². The number of ketones is 2. The van der Waals surface area contributed by atoms with Gasteiger partial charge in [-0.3, -0.25) is 19.5 Å². The lowest BCUT2D eigenvalue weighted by Gasteiger charge is -2.36. The number of carbonyl (C=O) groups excluding carboxylic acids is 3. The monoisotopic (exact) mass is 419 g/mol. The lowest BCUT2D eigenvalue weighted by Crippen LogP contribution is -2.43. The van der Waals surface area contributed by atoms with E-state index in [1.54, 1.807) is 18.5 Å².